The van der Waals surface area contributed by atoms with Crippen LogP contribution >= 0.6 is 15.9 Å². The highest BCUT2D eigenvalue weighted by Gasteiger charge is 2.29. The molecule has 0 saturated carbocycles. The van der Waals surface area contributed by atoms with Crippen LogP contribution in [0.25, 0.3) is 11.6 Å². The monoisotopic (exact) mass is 340 g/mol. The van der Waals surface area contributed by atoms with Crippen LogP contribution in [0.3, 0.4) is 0 Å². The number of halogens is 1. The Kier molecular flexibility index (Phi) is 4.52. The van der Waals surface area contributed by atoms with Crippen LogP contribution in [0, 0.1) is 0 Å². The third-order valence-electron chi connectivity index (χ3n) is 2.61. The van der Waals surface area contributed by atoms with Gasteiger partial charge in [0, 0.05) is 10.7 Å². The molecule has 1 atom stereocenters. The summed E-state index contributed by atoms with van der Waals surface area (Å²) in [4.78, 5) is 8.52. The van der Waals surface area contributed by atoms with E-state index in [1.54, 1.807) is 13.1 Å². The molecular formula is C13H17BrN4O2. The van der Waals surface area contributed by atoms with Crippen LogP contribution in [0.5, 0.6) is 0 Å². The lowest BCUT2D eigenvalue weighted by atomic mass is 10.1. The van der Waals surface area contributed by atoms with Gasteiger partial charge in [-0.2, -0.15) is 4.98 Å². The van der Waals surface area contributed by atoms with Crippen molar-refractivity contribution in [3.8, 4) is 11.6 Å². The molecule has 2 aromatic heterocycles. The number of nitrogens with two attached hydrogens (primary N) is 1. The molecule has 0 aliphatic heterocycles. The topological polar surface area (TPSA) is 87.1 Å². The summed E-state index contributed by atoms with van der Waals surface area (Å²) < 4.78 is 11.5. The van der Waals surface area contributed by atoms with E-state index >= 15 is 0 Å². The smallest absolute Gasteiger partial charge is 0.277 e. The minimum atomic E-state index is -0.812. The third kappa shape index (κ3) is 3.41. The summed E-state index contributed by atoms with van der Waals surface area (Å²) in [5, 5.41) is 3.93. The van der Waals surface area contributed by atoms with E-state index < -0.39 is 5.54 Å². The summed E-state index contributed by atoms with van der Waals surface area (Å²) in [6, 6.07) is 3.67. The van der Waals surface area contributed by atoms with Gasteiger partial charge in [-0.15, -0.1) is 0 Å². The number of pyridine rings is 1. The van der Waals surface area contributed by atoms with Gasteiger partial charge in [0.2, 0.25) is 0 Å². The minimum Gasteiger partial charge on any atom is -0.376 e. The number of rotatable bonds is 5. The van der Waals surface area contributed by atoms with Gasteiger partial charge in [0.15, 0.2) is 5.82 Å². The quantitative estimate of drug-likeness (QED) is 0.899. The molecule has 0 fully saturated rings. The second kappa shape index (κ2) is 5.99. The fourth-order valence-electron chi connectivity index (χ4n) is 1.50. The van der Waals surface area contributed by atoms with Gasteiger partial charge in [-0.3, -0.25) is 0 Å². The first-order chi connectivity index (χ1) is 9.40. The molecule has 0 aliphatic carbocycles. The lowest BCUT2D eigenvalue weighted by Gasteiger charge is -2.21. The van der Waals surface area contributed by atoms with Crippen molar-refractivity contribution < 1.29 is 9.26 Å². The van der Waals surface area contributed by atoms with Gasteiger partial charge in [0.1, 0.15) is 11.2 Å². The highest BCUT2D eigenvalue weighted by atomic mass is 79.9. The maximum Gasteiger partial charge on any atom is 0.277 e. The van der Waals surface area contributed by atoms with E-state index in [2.05, 4.69) is 31.1 Å². The predicted octanol–water partition coefficient (Wildman–Crippen LogP) is 2.49. The molecule has 0 amide bonds. The molecule has 2 rings (SSSR count). The Morgan fingerprint density at radius 1 is 1.50 bits per heavy atom. The van der Waals surface area contributed by atoms with E-state index in [-0.39, 0.29) is 6.10 Å². The Morgan fingerprint density at radius 2 is 2.25 bits per heavy atom. The first-order valence-corrected chi connectivity index (χ1v) is 7.05. The lowest BCUT2D eigenvalue weighted by Crippen LogP contribution is -2.40. The lowest BCUT2D eigenvalue weighted by molar-refractivity contribution is 0.0410. The Hall–Kier alpha value is -1.31. The summed E-state index contributed by atoms with van der Waals surface area (Å²) in [6.07, 6.45) is 1.75. The first-order valence-electron chi connectivity index (χ1n) is 6.25. The molecular weight excluding hydrogens is 324 g/mol. The summed E-state index contributed by atoms with van der Waals surface area (Å²) in [7, 11) is 0. The van der Waals surface area contributed by atoms with Gasteiger partial charge in [0.25, 0.3) is 5.89 Å². The Bertz CT molecular complexity index is 583. The van der Waals surface area contributed by atoms with E-state index in [0.717, 1.165) is 4.47 Å². The molecule has 6 nitrogen and oxygen atoms in total. The van der Waals surface area contributed by atoms with Crippen molar-refractivity contribution in [2.24, 2.45) is 5.73 Å². The molecule has 0 aromatic carbocycles. The van der Waals surface area contributed by atoms with Crippen molar-refractivity contribution in [2.45, 2.75) is 32.4 Å². The fourth-order valence-corrected chi connectivity index (χ4v) is 1.92. The maximum atomic E-state index is 6.17. The van der Waals surface area contributed by atoms with Crippen molar-refractivity contribution in [3.63, 3.8) is 0 Å². The van der Waals surface area contributed by atoms with Crippen molar-refractivity contribution in [3.05, 3.63) is 28.6 Å². The zero-order valence-electron chi connectivity index (χ0n) is 11.6. The Morgan fingerprint density at radius 3 is 2.90 bits per heavy atom. The molecule has 20 heavy (non-hydrogen) atoms. The molecule has 2 N–H and O–H groups in total. The SMILES string of the molecule is CC(C)OCC(C)(N)c1noc(-c2ncccc2Br)n1. The largest absolute Gasteiger partial charge is 0.376 e. The Balaban J connectivity index is 2.22. The molecule has 0 aliphatic rings. The predicted molar refractivity (Wildman–Crippen MR) is 77.9 cm³/mol. The van der Waals surface area contributed by atoms with Crippen LogP contribution in [0.1, 0.15) is 26.6 Å². The van der Waals surface area contributed by atoms with Gasteiger partial charge in [-0.25, -0.2) is 4.98 Å². The average molecular weight is 341 g/mol. The van der Waals surface area contributed by atoms with Crippen LogP contribution in [0.15, 0.2) is 27.3 Å². The van der Waals surface area contributed by atoms with E-state index in [4.69, 9.17) is 15.0 Å². The van der Waals surface area contributed by atoms with Crippen LogP contribution in [-0.4, -0.2) is 27.8 Å². The van der Waals surface area contributed by atoms with Crippen molar-refractivity contribution in [1.82, 2.24) is 15.1 Å². The average Bonchev–Trinajstić information content (AvgIpc) is 2.87. The summed E-state index contributed by atoms with van der Waals surface area (Å²) in [5.41, 5.74) is 5.95. The van der Waals surface area contributed by atoms with Crippen LogP contribution < -0.4 is 5.73 Å². The van der Waals surface area contributed by atoms with Gasteiger partial charge in [-0.05, 0) is 48.8 Å². The van der Waals surface area contributed by atoms with Crippen molar-refractivity contribution >= 4 is 15.9 Å². The van der Waals surface area contributed by atoms with Crippen molar-refractivity contribution in [2.75, 3.05) is 6.61 Å². The van der Waals surface area contributed by atoms with E-state index in [9.17, 15) is 0 Å². The number of aromatic nitrogens is 3. The fraction of sp³-hybridized carbons (Fsp3) is 0.462. The third-order valence-corrected chi connectivity index (χ3v) is 3.25. The molecule has 0 spiro atoms. The minimum absolute atomic E-state index is 0.0918. The molecule has 2 heterocycles. The molecule has 2 aromatic rings. The summed E-state index contributed by atoms with van der Waals surface area (Å²) in [6.45, 7) is 6.01. The van der Waals surface area contributed by atoms with Crippen LogP contribution in [0.2, 0.25) is 0 Å². The van der Waals surface area contributed by atoms with Gasteiger partial charge in [0.05, 0.1) is 12.7 Å². The molecule has 0 bridgehead atoms. The molecule has 1 unspecified atom stereocenters. The molecule has 0 radical (unpaired) electrons. The second-order valence-electron chi connectivity index (χ2n) is 5.03. The molecule has 7 heteroatoms. The van der Waals surface area contributed by atoms with Gasteiger partial charge in [-0.1, -0.05) is 5.16 Å². The highest BCUT2D eigenvalue weighted by molar-refractivity contribution is 9.10. The van der Waals surface area contributed by atoms with Gasteiger partial charge >= 0.3 is 0 Å². The number of hydrogen-bond donors (Lipinski definition) is 1. The zero-order chi connectivity index (χ0) is 14.8. The molecule has 108 valence electrons. The maximum absolute atomic E-state index is 6.17. The van der Waals surface area contributed by atoms with Crippen molar-refractivity contribution in [1.29, 1.82) is 0 Å². The van der Waals surface area contributed by atoms with E-state index in [0.29, 0.717) is 24.0 Å². The highest BCUT2D eigenvalue weighted by Crippen LogP contribution is 2.26. The number of ether oxygens (including phenoxy) is 1. The van der Waals surface area contributed by atoms with E-state index in [1.165, 1.54) is 0 Å². The normalized spacial score (nSPS) is 14.5. The second-order valence-corrected chi connectivity index (χ2v) is 5.89. The van der Waals surface area contributed by atoms with Crippen LogP contribution in [0.4, 0.5) is 0 Å². The van der Waals surface area contributed by atoms with Crippen LogP contribution in [-0.2, 0) is 10.3 Å². The summed E-state index contributed by atoms with van der Waals surface area (Å²) in [5.74, 6) is 0.722. The Labute approximate surface area is 125 Å². The first kappa shape index (κ1) is 15.1. The zero-order valence-corrected chi connectivity index (χ0v) is 13.2. The van der Waals surface area contributed by atoms with E-state index in [1.807, 2.05) is 26.0 Å². The summed E-state index contributed by atoms with van der Waals surface area (Å²) >= 11 is 3.40. The van der Waals surface area contributed by atoms with Gasteiger partial charge < -0.3 is 15.0 Å². The molecule has 0 saturated heterocycles. The number of nitrogens with zero attached hydrogens (tertiary/aromatic N) is 3. The number of hydrogen-bond acceptors (Lipinski definition) is 6. The standard InChI is InChI=1S/C13H17BrN4O2/c1-8(2)19-7-13(3,15)12-17-11(20-18-12)10-9(14)5-4-6-16-10/h4-6,8H,7,15H2,1-3H3.